The van der Waals surface area contributed by atoms with Gasteiger partial charge in [-0.3, -0.25) is 0 Å². The van der Waals surface area contributed by atoms with Crippen LogP contribution in [0.3, 0.4) is 0 Å². The second kappa shape index (κ2) is 11.1. The third-order valence-corrected chi connectivity index (χ3v) is 14.1. The summed E-state index contributed by atoms with van der Waals surface area (Å²) in [5.41, 5.74) is 19.6. The fraction of sp³-hybridized carbons (Fsp3) is 0.0345. The van der Waals surface area contributed by atoms with Crippen LogP contribution in [0.25, 0.3) is 66.1 Å². The number of hydrogen-bond donors (Lipinski definition) is 0. The SMILES string of the molecule is c1ccc2c(c1)-c1ccc(-c3ccc4c(c3)C3(c5ccccc5-c5ccccc53)c3c(ccc5ccccc35)O4)cc1C21c2ccccc2-c2c1ccc1ccccc21. The van der Waals surface area contributed by atoms with Crippen LogP contribution in [0.2, 0.25) is 0 Å². The molecule has 0 aromatic heterocycles. The van der Waals surface area contributed by atoms with Crippen molar-refractivity contribution in [3.63, 3.8) is 0 Å². The summed E-state index contributed by atoms with van der Waals surface area (Å²) in [4.78, 5) is 0. The Hall–Kier alpha value is -7.48. The van der Waals surface area contributed by atoms with Crippen molar-refractivity contribution in [1.82, 2.24) is 0 Å². The molecule has 10 aromatic rings. The van der Waals surface area contributed by atoms with Crippen molar-refractivity contribution in [1.29, 1.82) is 0 Å². The van der Waals surface area contributed by atoms with Crippen molar-refractivity contribution < 1.29 is 4.74 Å². The Morgan fingerprint density at radius 1 is 0.288 bits per heavy atom. The Balaban J connectivity index is 1.06. The van der Waals surface area contributed by atoms with Crippen LogP contribution < -0.4 is 4.74 Å². The van der Waals surface area contributed by atoms with E-state index in [9.17, 15) is 0 Å². The molecule has 0 amide bonds. The van der Waals surface area contributed by atoms with Crippen molar-refractivity contribution in [3.8, 4) is 56.0 Å². The molecule has 1 atom stereocenters. The summed E-state index contributed by atoms with van der Waals surface area (Å²) in [6.07, 6.45) is 0. The molecule has 2 spiro atoms. The van der Waals surface area contributed by atoms with Gasteiger partial charge >= 0.3 is 0 Å². The van der Waals surface area contributed by atoms with Gasteiger partial charge in [0.15, 0.2) is 0 Å². The third kappa shape index (κ3) is 3.73. The minimum atomic E-state index is -0.578. The van der Waals surface area contributed by atoms with Crippen molar-refractivity contribution >= 4 is 21.5 Å². The fourth-order valence-electron chi connectivity index (χ4n) is 11.9. The molecule has 0 N–H and O–H groups in total. The maximum Gasteiger partial charge on any atom is 0.132 e. The summed E-state index contributed by atoms with van der Waals surface area (Å²) < 4.78 is 7.00. The minimum Gasteiger partial charge on any atom is -0.457 e. The van der Waals surface area contributed by atoms with Crippen LogP contribution in [-0.4, -0.2) is 0 Å². The van der Waals surface area contributed by atoms with E-state index in [0.29, 0.717) is 0 Å². The Labute approximate surface area is 342 Å². The normalized spacial score (nSPS) is 16.5. The first kappa shape index (κ1) is 31.6. The number of benzene rings is 10. The largest absolute Gasteiger partial charge is 0.457 e. The minimum absolute atomic E-state index is 0.447. The molecule has 1 unspecified atom stereocenters. The van der Waals surface area contributed by atoms with E-state index in [1.54, 1.807) is 0 Å². The molecule has 1 heterocycles. The second-order valence-electron chi connectivity index (χ2n) is 16.6. The molecule has 1 aliphatic heterocycles. The van der Waals surface area contributed by atoms with Crippen molar-refractivity contribution in [3.05, 3.63) is 251 Å². The number of rotatable bonds is 1. The second-order valence-corrected chi connectivity index (χ2v) is 16.6. The maximum atomic E-state index is 7.00. The maximum absolute atomic E-state index is 7.00. The van der Waals surface area contributed by atoms with Crippen molar-refractivity contribution in [2.24, 2.45) is 0 Å². The van der Waals surface area contributed by atoms with Crippen molar-refractivity contribution in [2.75, 3.05) is 0 Å². The van der Waals surface area contributed by atoms with E-state index in [-0.39, 0.29) is 0 Å². The van der Waals surface area contributed by atoms with E-state index < -0.39 is 10.8 Å². The topological polar surface area (TPSA) is 9.23 Å². The molecule has 0 fully saturated rings. The van der Waals surface area contributed by atoms with E-state index in [2.05, 4.69) is 206 Å². The lowest BCUT2D eigenvalue weighted by Crippen LogP contribution is -2.32. The first-order chi connectivity index (χ1) is 29.3. The lowest BCUT2D eigenvalue weighted by molar-refractivity contribution is 0.438. The number of ether oxygens (including phenoxy) is 1. The summed E-state index contributed by atoms with van der Waals surface area (Å²) in [7, 11) is 0. The molecule has 10 aromatic carbocycles. The lowest BCUT2D eigenvalue weighted by Gasteiger charge is -2.40. The molecule has 1 nitrogen and oxygen atoms in total. The van der Waals surface area contributed by atoms with E-state index in [4.69, 9.17) is 4.74 Å². The van der Waals surface area contributed by atoms with Crippen molar-refractivity contribution in [2.45, 2.75) is 10.8 Å². The molecular formula is C58H34O. The number of hydrogen-bond acceptors (Lipinski definition) is 1. The summed E-state index contributed by atoms with van der Waals surface area (Å²) >= 11 is 0. The predicted molar refractivity (Wildman–Crippen MR) is 241 cm³/mol. The highest BCUT2D eigenvalue weighted by atomic mass is 16.5. The average molecular weight is 747 g/mol. The van der Waals surface area contributed by atoms with Gasteiger partial charge < -0.3 is 4.74 Å². The fourth-order valence-corrected chi connectivity index (χ4v) is 11.9. The van der Waals surface area contributed by atoms with Gasteiger partial charge in [0.25, 0.3) is 0 Å². The van der Waals surface area contributed by atoms with Gasteiger partial charge in [-0.1, -0.05) is 182 Å². The molecule has 14 rings (SSSR count). The zero-order chi connectivity index (χ0) is 38.5. The van der Waals surface area contributed by atoms with Gasteiger partial charge in [-0.2, -0.15) is 0 Å². The third-order valence-electron chi connectivity index (χ3n) is 14.1. The highest BCUT2D eigenvalue weighted by Gasteiger charge is 2.54. The Kier molecular flexibility index (Phi) is 5.96. The van der Waals surface area contributed by atoms with Crippen LogP contribution >= 0.6 is 0 Å². The van der Waals surface area contributed by atoms with Gasteiger partial charge in [-0.05, 0) is 124 Å². The summed E-state index contributed by atoms with van der Waals surface area (Å²) in [6, 6.07) is 77.2. The Morgan fingerprint density at radius 2 is 0.763 bits per heavy atom. The Morgan fingerprint density at radius 3 is 1.46 bits per heavy atom. The summed E-state index contributed by atoms with van der Waals surface area (Å²) in [5, 5.41) is 5.01. The van der Waals surface area contributed by atoms with E-state index in [0.717, 1.165) is 11.5 Å². The molecule has 1 heteroatoms. The molecule has 4 aliphatic rings. The molecule has 0 radical (unpaired) electrons. The van der Waals surface area contributed by atoms with Gasteiger partial charge in [0.1, 0.15) is 11.5 Å². The summed E-state index contributed by atoms with van der Waals surface area (Å²) in [5.74, 6) is 1.82. The molecule has 59 heavy (non-hydrogen) atoms. The van der Waals surface area contributed by atoms with Gasteiger partial charge in [0, 0.05) is 11.1 Å². The van der Waals surface area contributed by atoms with Crippen LogP contribution in [-0.2, 0) is 10.8 Å². The highest BCUT2D eigenvalue weighted by molar-refractivity contribution is 6.06. The molecule has 272 valence electrons. The number of fused-ring (bicyclic) bond motifs is 23. The zero-order valence-corrected chi connectivity index (χ0v) is 32.0. The van der Waals surface area contributed by atoms with Gasteiger partial charge in [-0.15, -0.1) is 0 Å². The molecule has 0 saturated carbocycles. The molecule has 0 bridgehead atoms. The van der Waals surface area contributed by atoms with Gasteiger partial charge in [0.2, 0.25) is 0 Å². The van der Waals surface area contributed by atoms with Crippen LogP contribution in [0.15, 0.2) is 206 Å². The standard InChI is InChI=1S/C58H34O/c1-3-15-39-35(13-1)26-30-50-55(39)45-20-8-12-24-49(45)57(50)46-21-9-5-19-43(46)44-29-25-37(33-51(44)57)38-28-31-53-52(34-38)58(56-40-16-4-2-14-36(40)27-32-54(56)59-53)47-22-10-6-17-41(47)42-18-7-11-23-48(42)58/h1-34H. The molecule has 3 aliphatic carbocycles. The van der Waals surface area contributed by atoms with Crippen LogP contribution in [0.1, 0.15) is 44.5 Å². The van der Waals surface area contributed by atoms with E-state index in [1.165, 1.54) is 111 Å². The molecule has 0 saturated heterocycles. The van der Waals surface area contributed by atoms with E-state index in [1.807, 2.05) is 0 Å². The highest BCUT2D eigenvalue weighted by Crippen LogP contribution is 2.66. The van der Waals surface area contributed by atoms with E-state index >= 15 is 0 Å². The smallest absolute Gasteiger partial charge is 0.132 e. The predicted octanol–water partition coefficient (Wildman–Crippen LogP) is 14.5. The zero-order valence-electron chi connectivity index (χ0n) is 32.0. The van der Waals surface area contributed by atoms with Gasteiger partial charge in [-0.25, -0.2) is 0 Å². The Bertz CT molecular complexity index is 3450. The van der Waals surface area contributed by atoms with Crippen LogP contribution in [0, 0.1) is 0 Å². The summed E-state index contributed by atoms with van der Waals surface area (Å²) in [6.45, 7) is 0. The quantitative estimate of drug-likeness (QED) is 0.163. The first-order valence-corrected chi connectivity index (χ1v) is 20.7. The first-order valence-electron chi connectivity index (χ1n) is 20.7. The van der Waals surface area contributed by atoms with Crippen LogP contribution in [0.4, 0.5) is 0 Å². The monoisotopic (exact) mass is 746 g/mol. The average Bonchev–Trinajstić information content (AvgIpc) is 3.89. The van der Waals surface area contributed by atoms with Crippen LogP contribution in [0.5, 0.6) is 11.5 Å². The molecular weight excluding hydrogens is 713 g/mol. The van der Waals surface area contributed by atoms with Gasteiger partial charge in [0.05, 0.1) is 10.8 Å². The lowest BCUT2D eigenvalue weighted by atomic mass is 9.64.